The van der Waals surface area contributed by atoms with Gasteiger partial charge in [-0.3, -0.25) is 4.79 Å². The highest BCUT2D eigenvalue weighted by molar-refractivity contribution is 7.99. The molecule has 110 valence electrons. The van der Waals surface area contributed by atoms with Gasteiger partial charge in [-0.2, -0.15) is 0 Å². The second-order valence-electron chi connectivity index (χ2n) is 4.73. The van der Waals surface area contributed by atoms with E-state index in [-0.39, 0.29) is 11.3 Å². The van der Waals surface area contributed by atoms with Crippen molar-refractivity contribution in [2.24, 2.45) is 0 Å². The van der Waals surface area contributed by atoms with Gasteiger partial charge in [-0.1, -0.05) is 35.3 Å². The Kier molecular flexibility index (Phi) is 4.79. The molecule has 3 rings (SSSR count). The minimum Gasteiger partial charge on any atom is -0.325 e. The third-order valence-corrected chi connectivity index (χ3v) is 6.03. The van der Waals surface area contributed by atoms with E-state index in [9.17, 15) is 4.79 Å². The highest BCUT2D eigenvalue weighted by Crippen LogP contribution is 2.41. The van der Waals surface area contributed by atoms with Crippen LogP contribution in [0.25, 0.3) is 0 Å². The Morgan fingerprint density at radius 1 is 1.33 bits per heavy atom. The first-order chi connectivity index (χ1) is 10.1. The summed E-state index contributed by atoms with van der Waals surface area (Å²) in [6, 6.07) is 9.44. The number of thiophene rings is 1. The highest BCUT2D eigenvalue weighted by Gasteiger charge is 2.31. The molecule has 1 amide bonds. The van der Waals surface area contributed by atoms with Crippen molar-refractivity contribution in [2.45, 2.75) is 11.8 Å². The normalized spacial score (nSPS) is 18.2. The molecule has 0 aliphatic carbocycles. The van der Waals surface area contributed by atoms with Crippen LogP contribution < -0.4 is 0 Å². The summed E-state index contributed by atoms with van der Waals surface area (Å²) in [6.07, 6.45) is 0.458. The number of halogens is 2. The summed E-state index contributed by atoms with van der Waals surface area (Å²) < 4.78 is 0. The Morgan fingerprint density at radius 2 is 2.19 bits per heavy atom. The number of benzene rings is 1. The fourth-order valence-corrected chi connectivity index (χ4v) is 4.93. The highest BCUT2D eigenvalue weighted by atomic mass is 35.5. The van der Waals surface area contributed by atoms with E-state index >= 15 is 0 Å². The lowest BCUT2D eigenvalue weighted by Gasteiger charge is -2.24. The van der Waals surface area contributed by atoms with Crippen LogP contribution in [0.4, 0.5) is 0 Å². The van der Waals surface area contributed by atoms with Crippen LogP contribution in [0.15, 0.2) is 35.7 Å². The van der Waals surface area contributed by atoms with E-state index in [0.717, 1.165) is 22.7 Å². The molecule has 1 aromatic carbocycles. The minimum absolute atomic E-state index is 0.0118. The lowest BCUT2D eigenvalue weighted by molar-refractivity contribution is -0.130. The average molecular weight is 358 g/mol. The molecule has 2 nitrogen and oxygen atoms in total. The molecule has 21 heavy (non-hydrogen) atoms. The number of rotatable bonds is 3. The predicted molar refractivity (Wildman–Crippen MR) is 91.4 cm³/mol. The fourth-order valence-electron chi connectivity index (χ4n) is 2.35. The van der Waals surface area contributed by atoms with Crippen molar-refractivity contribution in [3.8, 4) is 0 Å². The average Bonchev–Trinajstić information content (AvgIpc) is 3.09. The monoisotopic (exact) mass is 357 g/mol. The standard InChI is InChI=1S/C15H13Cl2NOS2/c16-10-3-4-12(13(17)8-10)15-18(5-7-21-15)14(19)9-11-2-1-6-20-11/h1-4,6,8,15H,5,7,9H2/t15-/m0/s1. The summed E-state index contributed by atoms with van der Waals surface area (Å²) in [4.78, 5) is 15.5. The smallest absolute Gasteiger partial charge is 0.229 e. The second-order valence-corrected chi connectivity index (χ2v) is 7.80. The Balaban J connectivity index is 1.80. The van der Waals surface area contributed by atoms with Crippen LogP contribution in [-0.4, -0.2) is 23.1 Å². The van der Waals surface area contributed by atoms with Crippen molar-refractivity contribution in [1.82, 2.24) is 4.90 Å². The first kappa shape index (κ1) is 15.2. The third kappa shape index (κ3) is 3.39. The number of thioether (sulfide) groups is 1. The molecule has 0 radical (unpaired) electrons. The van der Waals surface area contributed by atoms with Gasteiger partial charge >= 0.3 is 0 Å². The molecular weight excluding hydrogens is 345 g/mol. The van der Waals surface area contributed by atoms with Crippen LogP contribution in [0, 0.1) is 0 Å². The van der Waals surface area contributed by atoms with Gasteiger partial charge in [-0.15, -0.1) is 23.1 Å². The van der Waals surface area contributed by atoms with E-state index < -0.39 is 0 Å². The lowest BCUT2D eigenvalue weighted by atomic mass is 10.2. The van der Waals surface area contributed by atoms with E-state index in [1.165, 1.54) is 0 Å². The van der Waals surface area contributed by atoms with Gasteiger partial charge in [-0.25, -0.2) is 0 Å². The summed E-state index contributed by atoms with van der Waals surface area (Å²) in [5.74, 6) is 1.08. The molecule has 0 saturated carbocycles. The van der Waals surface area contributed by atoms with Crippen molar-refractivity contribution in [3.63, 3.8) is 0 Å². The van der Waals surface area contributed by atoms with Crippen molar-refractivity contribution >= 4 is 52.2 Å². The van der Waals surface area contributed by atoms with Crippen molar-refractivity contribution in [1.29, 1.82) is 0 Å². The summed E-state index contributed by atoms with van der Waals surface area (Å²) in [7, 11) is 0. The molecule has 1 aliphatic heterocycles. The van der Waals surface area contributed by atoms with Gasteiger partial charge in [0.15, 0.2) is 0 Å². The van der Waals surface area contributed by atoms with Crippen LogP contribution in [0.2, 0.25) is 10.0 Å². The van der Waals surface area contributed by atoms with Crippen molar-refractivity contribution in [3.05, 3.63) is 56.2 Å². The fraction of sp³-hybridized carbons (Fsp3) is 0.267. The molecule has 2 aromatic rings. The summed E-state index contributed by atoms with van der Waals surface area (Å²) >= 11 is 15.6. The number of hydrogen-bond acceptors (Lipinski definition) is 3. The van der Waals surface area contributed by atoms with Gasteiger partial charge in [0.1, 0.15) is 5.37 Å². The van der Waals surface area contributed by atoms with Gasteiger partial charge in [0, 0.05) is 32.8 Å². The molecule has 0 bridgehead atoms. The van der Waals surface area contributed by atoms with Crippen LogP contribution in [0.5, 0.6) is 0 Å². The quantitative estimate of drug-likeness (QED) is 0.780. The molecule has 1 aliphatic rings. The van der Waals surface area contributed by atoms with Gasteiger partial charge < -0.3 is 4.90 Å². The molecule has 0 N–H and O–H groups in total. The van der Waals surface area contributed by atoms with E-state index in [1.54, 1.807) is 29.2 Å². The Hall–Kier alpha value is -0.680. The number of nitrogens with zero attached hydrogens (tertiary/aromatic N) is 1. The Bertz CT molecular complexity index is 645. The third-order valence-electron chi connectivity index (χ3n) is 3.35. The van der Waals surface area contributed by atoms with E-state index in [4.69, 9.17) is 23.2 Å². The maximum Gasteiger partial charge on any atom is 0.229 e. The van der Waals surface area contributed by atoms with Crippen LogP contribution in [0.3, 0.4) is 0 Å². The number of carbonyl (C=O) groups is 1. The summed E-state index contributed by atoms with van der Waals surface area (Å²) in [5, 5.41) is 3.22. The lowest BCUT2D eigenvalue weighted by Crippen LogP contribution is -2.31. The Morgan fingerprint density at radius 3 is 2.90 bits per heavy atom. The molecule has 6 heteroatoms. The zero-order valence-corrected chi connectivity index (χ0v) is 14.2. The van der Waals surface area contributed by atoms with Gasteiger partial charge in [0.2, 0.25) is 5.91 Å². The Labute approximate surface area is 142 Å². The zero-order valence-electron chi connectivity index (χ0n) is 11.1. The maximum atomic E-state index is 12.5. The molecular formula is C15H13Cl2NOS2. The zero-order chi connectivity index (χ0) is 14.8. The molecule has 2 heterocycles. The number of hydrogen-bond donors (Lipinski definition) is 0. The van der Waals surface area contributed by atoms with E-state index in [1.807, 2.05) is 34.5 Å². The van der Waals surface area contributed by atoms with Gasteiger partial charge in [0.25, 0.3) is 0 Å². The van der Waals surface area contributed by atoms with Gasteiger partial charge in [0.05, 0.1) is 6.42 Å². The largest absolute Gasteiger partial charge is 0.325 e. The molecule has 1 atom stereocenters. The van der Waals surface area contributed by atoms with Gasteiger partial charge in [-0.05, 0) is 23.6 Å². The van der Waals surface area contributed by atoms with Crippen molar-refractivity contribution < 1.29 is 4.79 Å². The van der Waals surface area contributed by atoms with Crippen molar-refractivity contribution in [2.75, 3.05) is 12.3 Å². The molecule has 1 saturated heterocycles. The molecule has 1 fully saturated rings. The van der Waals surface area contributed by atoms with E-state index in [2.05, 4.69) is 0 Å². The molecule has 0 spiro atoms. The first-order valence-corrected chi connectivity index (χ1v) is 9.22. The van der Waals surface area contributed by atoms with E-state index in [0.29, 0.717) is 16.5 Å². The predicted octanol–water partition coefficient (Wildman–Crippen LogP) is 4.87. The summed E-state index contributed by atoms with van der Waals surface area (Å²) in [6.45, 7) is 0.762. The SMILES string of the molecule is O=C(Cc1cccs1)N1CCS[C@H]1c1ccc(Cl)cc1Cl. The molecule has 1 aromatic heterocycles. The van der Waals surface area contributed by atoms with Crippen LogP contribution >= 0.6 is 46.3 Å². The molecule has 0 unspecified atom stereocenters. The minimum atomic E-state index is -0.0118. The number of amides is 1. The van der Waals surface area contributed by atoms with Crippen LogP contribution in [-0.2, 0) is 11.2 Å². The maximum absolute atomic E-state index is 12.5. The first-order valence-electron chi connectivity index (χ1n) is 6.53. The summed E-state index contributed by atoms with van der Waals surface area (Å²) in [5.41, 5.74) is 0.961. The number of carbonyl (C=O) groups excluding carboxylic acids is 1. The van der Waals surface area contributed by atoms with Crippen LogP contribution in [0.1, 0.15) is 15.8 Å². The topological polar surface area (TPSA) is 20.3 Å². The second kappa shape index (κ2) is 6.61.